The number of ketones is 1. The third kappa shape index (κ3) is 1.72. The van der Waals surface area contributed by atoms with Gasteiger partial charge in [-0.25, -0.2) is 0 Å². The van der Waals surface area contributed by atoms with E-state index in [-0.39, 0.29) is 12.0 Å². The zero-order valence-corrected chi connectivity index (χ0v) is 8.80. The van der Waals surface area contributed by atoms with E-state index in [0.29, 0.717) is 11.7 Å². The largest absolute Gasteiger partial charge is 0.396 e. The lowest BCUT2D eigenvalue weighted by Crippen LogP contribution is -2.29. The number of hydrogen-bond donors (Lipinski definition) is 1. The molecule has 2 rings (SSSR count). The second-order valence-electron chi connectivity index (χ2n) is 5.06. The third-order valence-corrected chi connectivity index (χ3v) is 4.24. The maximum atomic E-state index is 11.6. The van der Waals surface area contributed by atoms with Crippen molar-refractivity contribution in [2.45, 2.75) is 51.4 Å². The van der Waals surface area contributed by atoms with Crippen molar-refractivity contribution in [3.05, 3.63) is 0 Å². The van der Waals surface area contributed by atoms with Gasteiger partial charge in [-0.15, -0.1) is 0 Å². The molecule has 80 valence electrons. The second-order valence-corrected chi connectivity index (χ2v) is 5.06. The summed E-state index contributed by atoms with van der Waals surface area (Å²) in [5.74, 6) is 0.840. The van der Waals surface area contributed by atoms with Crippen molar-refractivity contribution in [3.8, 4) is 0 Å². The van der Waals surface area contributed by atoms with Crippen molar-refractivity contribution in [3.63, 3.8) is 0 Å². The number of aliphatic hydroxyl groups is 1. The van der Waals surface area contributed by atoms with Crippen LogP contribution >= 0.6 is 0 Å². The first-order valence-electron chi connectivity index (χ1n) is 5.89. The van der Waals surface area contributed by atoms with Crippen LogP contribution in [-0.4, -0.2) is 17.5 Å². The lowest BCUT2D eigenvalue weighted by molar-refractivity contribution is -0.121. The molecule has 2 fully saturated rings. The standard InChI is InChI=1S/C12H20O2/c13-9-10-4-3-7-12(10)6-2-1-5-11(14)8-12/h10,13H,1-9H2. The van der Waals surface area contributed by atoms with E-state index in [1.807, 2.05) is 0 Å². The summed E-state index contributed by atoms with van der Waals surface area (Å²) in [4.78, 5) is 11.6. The van der Waals surface area contributed by atoms with Crippen molar-refractivity contribution < 1.29 is 9.90 Å². The molecular formula is C12H20O2. The van der Waals surface area contributed by atoms with Crippen LogP contribution in [0.4, 0.5) is 0 Å². The highest BCUT2D eigenvalue weighted by Crippen LogP contribution is 2.50. The average molecular weight is 196 g/mol. The summed E-state index contributed by atoms with van der Waals surface area (Å²) in [7, 11) is 0. The molecule has 0 saturated heterocycles. The molecule has 0 bridgehead atoms. The molecule has 2 atom stereocenters. The van der Waals surface area contributed by atoms with Gasteiger partial charge in [-0.3, -0.25) is 4.79 Å². The predicted molar refractivity (Wildman–Crippen MR) is 55.0 cm³/mol. The molecule has 14 heavy (non-hydrogen) atoms. The van der Waals surface area contributed by atoms with Gasteiger partial charge in [0.15, 0.2) is 0 Å². The summed E-state index contributed by atoms with van der Waals surface area (Å²) < 4.78 is 0. The van der Waals surface area contributed by atoms with Crippen LogP contribution in [-0.2, 0) is 4.79 Å². The molecule has 2 aliphatic rings. The molecule has 2 nitrogen and oxygen atoms in total. The van der Waals surface area contributed by atoms with Gasteiger partial charge in [0, 0.05) is 19.4 Å². The van der Waals surface area contributed by atoms with Crippen molar-refractivity contribution in [1.29, 1.82) is 0 Å². The lowest BCUT2D eigenvalue weighted by Gasteiger charge is -2.33. The van der Waals surface area contributed by atoms with Crippen LogP contribution in [0.5, 0.6) is 0 Å². The van der Waals surface area contributed by atoms with E-state index in [1.54, 1.807) is 0 Å². The Kier molecular flexibility index (Phi) is 2.91. The smallest absolute Gasteiger partial charge is 0.133 e. The molecule has 0 aromatic rings. The zero-order chi connectivity index (χ0) is 10.0. The Bertz CT molecular complexity index is 224. The first kappa shape index (κ1) is 10.2. The van der Waals surface area contributed by atoms with Crippen molar-refractivity contribution in [1.82, 2.24) is 0 Å². The van der Waals surface area contributed by atoms with Crippen LogP contribution in [0.2, 0.25) is 0 Å². The van der Waals surface area contributed by atoms with Gasteiger partial charge in [0.05, 0.1) is 0 Å². The van der Waals surface area contributed by atoms with E-state index in [1.165, 1.54) is 25.7 Å². The Morgan fingerprint density at radius 2 is 2.07 bits per heavy atom. The average Bonchev–Trinajstić information content (AvgIpc) is 2.45. The fourth-order valence-electron chi connectivity index (χ4n) is 3.43. The monoisotopic (exact) mass is 196 g/mol. The minimum absolute atomic E-state index is 0.197. The van der Waals surface area contributed by atoms with Gasteiger partial charge < -0.3 is 5.11 Å². The highest BCUT2D eigenvalue weighted by Gasteiger charge is 2.43. The van der Waals surface area contributed by atoms with E-state index >= 15 is 0 Å². The number of rotatable bonds is 1. The molecule has 0 aliphatic heterocycles. The highest BCUT2D eigenvalue weighted by molar-refractivity contribution is 5.79. The van der Waals surface area contributed by atoms with E-state index in [2.05, 4.69) is 0 Å². The van der Waals surface area contributed by atoms with Crippen LogP contribution in [0.3, 0.4) is 0 Å². The molecule has 0 aromatic heterocycles. The summed E-state index contributed by atoms with van der Waals surface area (Å²) in [5.41, 5.74) is 0.197. The van der Waals surface area contributed by atoms with E-state index in [0.717, 1.165) is 25.7 Å². The minimum atomic E-state index is 0.197. The Morgan fingerprint density at radius 1 is 1.29 bits per heavy atom. The van der Waals surface area contributed by atoms with E-state index < -0.39 is 0 Å². The van der Waals surface area contributed by atoms with Crippen LogP contribution < -0.4 is 0 Å². The summed E-state index contributed by atoms with van der Waals surface area (Å²) in [6.07, 6.45) is 8.45. The Labute approximate surface area is 85.7 Å². The Hall–Kier alpha value is -0.370. The first-order valence-corrected chi connectivity index (χ1v) is 5.89. The molecule has 2 saturated carbocycles. The molecule has 1 N–H and O–H groups in total. The molecule has 1 spiro atoms. The molecule has 0 radical (unpaired) electrons. The topological polar surface area (TPSA) is 37.3 Å². The second kappa shape index (κ2) is 4.01. The van der Waals surface area contributed by atoms with Crippen molar-refractivity contribution >= 4 is 5.78 Å². The highest BCUT2D eigenvalue weighted by atomic mass is 16.3. The van der Waals surface area contributed by atoms with E-state index in [9.17, 15) is 9.90 Å². The van der Waals surface area contributed by atoms with Crippen LogP contribution in [0.15, 0.2) is 0 Å². The van der Waals surface area contributed by atoms with Gasteiger partial charge >= 0.3 is 0 Å². The zero-order valence-electron chi connectivity index (χ0n) is 8.80. The SMILES string of the molecule is O=C1CCCCC2(CCCC2CO)C1. The van der Waals surface area contributed by atoms with Gasteiger partial charge in [-0.1, -0.05) is 12.8 Å². The lowest BCUT2D eigenvalue weighted by atomic mass is 9.72. The third-order valence-electron chi connectivity index (χ3n) is 4.24. The first-order chi connectivity index (χ1) is 6.77. The number of hydrogen-bond acceptors (Lipinski definition) is 2. The van der Waals surface area contributed by atoms with Crippen LogP contribution in [0, 0.1) is 11.3 Å². The summed E-state index contributed by atoms with van der Waals surface area (Å²) >= 11 is 0. The van der Waals surface area contributed by atoms with Crippen LogP contribution in [0.25, 0.3) is 0 Å². The van der Waals surface area contributed by atoms with Gasteiger partial charge in [0.1, 0.15) is 5.78 Å². The van der Waals surface area contributed by atoms with Gasteiger partial charge in [-0.2, -0.15) is 0 Å². The predicted octanol–water partition coefficient (Wildman–Crippen LogP) is 2.30. The van der Waals surface area contributed by atoms with Gasteiger partial charge in [0.2, 0.25) is 0 Å². The number of aliphatic hydroxyl groups excluding tert-OH is 1. The van der Waals surface area contributed by atoms with Crippen molar-refractivity contribution in [2.75, 3.05) is 6.61 Å². The van der Waals surface area contributed by atoms with Gasteiger partial charge in [0.25, 0.3) is 0 Å². The minimum Gasteiger partial charge on any atom is -0.396 e. The van der Waals surface area contributed by atoms with E-state index in [4.69, 9.17) is 0 Å². The van der Waals surface area contributed by atoms with Crippen LogP contribution in [0.1, 0.15) is 51.4 Å². The number of Topliss-reactive ketones (excluding diaryl/α,β-unsaturated/α-hetero) is 1. The van der Waals surface area contributed by atoms with Gasteiger partial charge in [-0.05, 0) is 37.0 Å². The fourth-order valence-corrected chi connectivity index (χ4v) is 3.43. The number of carbonyl (C=O) groups excluding carboxylic acids is 1. The Balaban J connectivity index is 2.14. The molecule has 0 aromatic carbocycles. The maximum absolute atomic E-state index is 11.6. The maximum Gasteiger partial charge on any atom is 0.133 e. The fraction of sp³-hybridized carbons (Fsp3) is 0.917. The van der Waals surface area contributed by atoms with Crippen molar-refractivity contribution in [2.24, 2.45) is 11.3 Å². The molecular weight excluding hydrogens is 176 g/mol. The summed E-state index contributed by atoms with van der Waals surface area (Å²) in [5, 5.41) is 9.35. The summed E-state index contributed by atoms with van der Waals surface area (Å²) in [6, 6.07) is 0. The Morgan fingerprint density at radius 3 is 2.86 bits per heavy atom. The molecule has 2 unspecified atom stereocenters. The molecule has 2 aliphatic carbocycles. The number of carbonyl (C=O) groups is 1. The molecule has 0 heterocycles. The molecule has 0 amide bonds. The summed E-state index contributed by atoms with van der Waals surface area (Å²) in [6.45, 7) is 0.285. The molecule has 2 heteroatoms. The quantitative estimate of drug-likeness (QED) is 0.698. The normalized spacial score (nSPS) is 38.9.